The Kier molecular flexibility index (Phi) is 3.73. The van der Waals surface area contributed by atoms with E-state index in [-0.39, 0.29) is 27.3 Å². The van der Waals surface area contributed by atoms with Gasteiger partial charge in [-0.3, -0.25) is 14.3 Å². The molecule has 1 saturated carbocycles. The molecule has 19 heavy (non-hydrogen) atoms. The molecule has 1 aliphatic carbocycles. The second-order valence-electron chi connectivity index (χ2n) is 5.61. The van der Waals surface area contributed by atoms with Gasteiger partial charge in [0.25, 0.3) is 5.69 Å². The van der Waals surface area contributed by atoms with E-state index in [9.17, 15) is 14.3 Å². The third-order valence-electron chi connectivity index (χ3n) is 3.93. The first-order valence-electron chi connectivity index (χ1n) is 6.24. The highest BCUT2D eigenvalue weighted by molar-refractivity contribution is 7.86. The third-order valence-corrected chi connectivity index (χ3v) is 5.79. The topological polar surface area (TPSA) is 86.2 Å². The highest BCUT2D eigenvalue weighted by Gasteiger charge is 2.43. The fourth-order valence-corrected chi connectivity index (χ4v) is 4.40. The van der Waals surface area contributed by atoms with E-state index in [1.165, 1.54) is 6.07 Å². The molecule has 1 aliphatic rings. The zero-order valence-corrected chi connectivity index (χ0v) is 11.9. The number of para-hydroxylation sites is 1. The molecule has 2 rings (SSSR count). The largest absolute Gasteiger partial charge is 0.326 e. The van der Waals surface area contributed by atoms with E-state index in [0.29, 0.717) is 0 Å². The summed E-state index contributed by atoms with van der Waals surface area (Å²) < 4.78 is 12.6. The summed E-state index contributed by atoms with van der Waals surface area (Å²) in [5, 5.41) is 10.8. The monoisotopic (exact) mass is 282 g/mol. The van der Waals surface area contributed by atoms with Gasteiger partial charge in [0, 0.05) is 12.1 Å². The SMILES string of the molecule is CC1(C)CCC(S(=O)c2ccccc2[N+](=O)[O-])C1N. The molecule has 1 aromatic carbocycles. The molecule has 0 spiro atoms. The van der Waals surface area contributed by atoms with Crippen molar-refractivity contribution >= 4 is 16.5 Å². The highest BCUT2D eigenvalue weighted by atomic mass is 32.2. The van der Waals surface area contributed by atoms with Crippen LogP contribution in [0.15, 0.2) is 29.2 Å². The van der Waals surface area contributed by atoms with Crippen molar-refractivity contribution in [2.45, 2.75) is 42.9 Å². The van der Waals surface area contributed by atoms with Crippen LogP contribution in [0, 0.1) is 15.5 Å². The molecule has 6 heteroatoms. The van der Waals surface area contributed by atoms with Crippen molar-refractivity contribution in [3.05, 3.63) is 34.4 Å². The molecule has 3 unspecified atom stereocenters. The van der Waals surface area contributed by atoms with Crippen LogP contribution < -0.4 is 5.73 Å². The Morgan fingerprint density at radius 2 is 2.05 bits per heavy atom. The van der Waals surface area contributed by atoms with Gasteiger partial charge < -0.3 is 5.73 Å². The standard InChI is InChI=1S/C13H18N2O3S/c1-13(2)8-7-11(12(13)14)19(18)10-6-4-3-5-9(10)15(16)17/h3-6,11-12H,7-8,14H2,1-2H3. The molecular weight excluding hydrogens is 264 g/mol. The summed E-state index contributed by atoms with van der Waals surface area (Å²) in [5.41, 5.74) is 6.01. The van der Waals surface area contributed by atoms with Crippen LogP contribution in [-0.2, 0) is 10.8 Å². The summed E-state index contributed by atoms with van der Waals surface area (Å²) in [6, 6.07) is 6.00. The zero-order chi connectivity index (χ0) is 14.2. The molecule has 104 valence electrons. The van der Waals surface area contributed by atoms with Crippen molar-refractivity contribution in [2.75, 3.05) is 0 Å². The van der Waals surface area contributed by atoms with E-state index in [4.69, 9.17) is 5.73 Å². The lowest BCUT2D eigenvalue weighted by atomic mass is 9.88. The molecule has 0 aliphatic heterocycles. The number of benzene rings is 1. The van der Waals surface area contributed by atoms with Gasteiger partial charge in [0.05, 0.1) is 21.0 Å². The van der Waals surface area contributed by atoms with E-state index in [2.05, 4.69) is 0 Å². The number of nitro benzene ring substituents is 1. The summed E-state index contributed by atoms with van der Waals surface area (Å²) >= 11 is 0. The molecule has 2 N–H and O–H groups in total. The summed E-state index contributed by atoms with van der Waals surface area (Å²) in [4.78, 5) is 10.8. The lowest BCUT2D eigenvalue weighted by Crippen LogP contribution is -2.41. The minimum Gasteiger partial charge on any atom is -0.326 e. The van der Waals surface area contributed by atoms with Gasteiger partial charge in [-0.25, -0.2) is 0 Å². The van der Waals surface area contributed by atoms with E-state index in [1.807, 2.05) is 13.8 Å². The summed E-state index contributed by atoms with van der Waals surface area (Å²) in [5.74, 6) is 0. The maximum Gasteiger partial charge on any atom is 0.285 e. The van der Waals surface area contributed by atoms with Crippen molar-refractivity contribution in [2.24, 2.45) is 11.1 Å². The number of hydrogen-bond acceptors (Lipinski definition) is 4. The highest BCUT2D eigenvalue weighted by Crippen LogP contribution is 2.40. The average Bonchev–Trinajstić information content (AvgIpc) is 2.64. The van der Waals surface area contributed by atoms with Gasteiger partial charge in [0.2, 0.25) is 0 Å². The van der Waals surface area contributed by atoms with E-state index in [1.54, 1.807) is 18.2 Å². The molecule has 0 saturated heterocycles. The molecule has 5 nitrogen and oxygen atoms in total. The van der Waals surface area contributed by atoms with E-state index in [0.717, 1.165) is 12.8 Å². The Labute approximate surface area is 114 Å². The van der Waals surface area contributed by atoms with Crippen LogP contribution in [0.5, 0.6) is 0 Å². The molecule has 0 heterocycles. The smallest absolute Gasteiger partial charge is 0.285 e. The summed E-state index contributed by atoms with van der Waals surface area (Å²) in [6.45, 7) is 4.10. The summed E-state index contributed by atoms with van der Waals surface area (Å²) in [6.07, 6.45) is 1.64. The van der Waals surface area contributed by atoms with Crippen LogP contribution >= 0.6 is 0 Å². The van der Waals surface area contributed by atoms with Gasteiger partial charge >= 0.3 is 0 Å². The number of nitrogens with zero attached hydrogens (tertiary/aromatic N) is 1. The van der Waals surface area contributed by atoms with Gasteiger partial charge in [-0.05, 0) is 24.3 Å². The zero-order valence-electron chi connectivity index (χ0n) is 11.0. The van der Waals surface area contributed by atoms with Gasteiger partial charge in [0.1, 0.15) is 4.90 Å². The lowest BCUT2D eigenvalue weighted by molar-refractivity contribution is -0.387. The first kappa shape index (κ1) is 14.1. The van der Waals surface area contributed by atoms with Crippen molar-refractivity contribution in [1.82, 2.24) is 0 Å². The Balaban J connectivity index is 2.34. The molecule has 0 bridgehead atoms. The molecular formula is C13H18N2O3S. The van der Waals surface area contributed by atoms with Crippen molar-refractivity contribution in [3.8, 4) is 0 Å². The Morgan fingerprint density at radius 1 is 1.42 bits per heavy atom. The van der Waals surface area contributed by atoms with Crippen molar-refractivity contribution < 1.29 is 9.13 Å². The number of rotatable bonds is 3. The van der Waals surface area contributed by atoms with Gasteiger partial charge in [-0.2, -0.15) is 0 Å². The molecule has 0 aromatic heterocycles. The van der Waals surface area contributed by atoms with Crippen LogP contribution in [0.25, 0.3) is 0 Å². The number of nitrogens with two attached hydrogens (primary N) is 1. The second kappa shape index (κ2) is 5.02. The Hall–Kier alpha value is -1.27. The van der Waals surface area contributed by atoms with Crippen molar-refractivity contribution in [1.29, 1.82) is 0 Å². The molecule has 0 amide bonds. The van der Waals surface area contributed by atoms with Crippen molar-refractivity contribution in [3.63, 3.8) is 0 Å². The predicted octanol–water partition coefficient (Wildman–Crippen LogP) is 2.22. The molecule has 1 fully saturated rings. The minimum atomic E-state index is -1.43. The van der Waals surface area contributed by atoms with Gasteiger partial charge in [0.15, 0.2) is 0 Å². The number of hydrogen-bond donors (Lipinski definition) is 1. The minimum absolute atomic E-state index is 0.0656. The molecule has 1 aromatic rings. The van der Waals surface area contributed by atoms with Crippen LogP contribution in [0.4, 0.5) is 5.69 Å². The maximum atomic E-state index is 12.6. The van der Waals surface area contributed by atoms with Crippen LogP contribution in [-0.4, -0.2) is 20.4 Å². The average molecular weight is 282 g/mol. The van der Waals surface area contributed by atoms with Crippen LogP contribution in [0.2, 0.25) is 0 Å². The fraction of sp³-hybridized carbons (Fsp3) is 0.538. The van der Waals surface area contributed by atoms with Gasteiger partial charge in [-0.15, -0.1) is 0 Å². The Bertz CT molecular complexity index is 530. The second-order valence-corrected chi connectivity index (χ2v) is 7.25. The van der Waals surface area contributed by atoms with E-state index >= 15 is 0 Å². The number of nitro groups is 1. The van der Waals surface area contributed by atoms with Gasteiger partial charge in [-0.1, -0.05) is 26.0 Å². The van der Waals surface area contributed by atoms with E-state index < -0.39 is 15.7 Å². The third kappa shape index (κ3) is 2.55. The Morgan fingerprint density at radius 3 is 2.58 bits per heavy atom. The van der Waals surface area contributed by atoms with Crippen LogP contribution in [0.3, 0.4) is 0 Å². The fourth-order valence-electron chi connectivity index (χ4n) is 2.55. The quantitative estimate of drug-likeness (QED) is 0.680. The predicted molar refractivity (Wildman–Crippen MR) is 74.3 cm³/mol. The first-order chi connectivity index (χ1) is 8.84. The normalized spacial score (nSPS) is 27.1. The molecule has 3 atom stereocenters. The first-order valence-corrected chi connectivity index (χ1v) is 7.45. The van der Waals surface area contributed by atoms with Crippen LogP contribution in [0.1, 0.15) is 26.7 Å². The maximum absolute atomic E-state index is 12.6. The summed E-state index contributed by atoms with van der Waals surface area (Å²) in [7, 11) is -1.43. The molecule has 0 radical (unpaired) electrons. The lowest BCUT2D eigenvalue weighted by Gasteiger charge is -2.26.